The van der Waals surface area contributed by atoms with E-state index in [2.05, 4.69) is 19.2 Å². The maximum absolute atomic E-state index is 8.97. The Morgan fingerprint density at radius 1 is 1.21 bits per heavy atom. The average molecular weight is 201 g/mol. The van der Waals surface area contributed by atoms with Crippen LogP contribution >= 0.6 is 0 Å². The molecular formula is C11H23NO2. The van der Waals surface area contributed by atoms with Crippen LogP contribution in [0.1, 0.15) is 33.1 Å². The lowest BCUT2D eigenvalue weighted by Crippen LogP contribution is -2.47. The van der Waals surface area contributed by atoms with Gasteiger partial charge in [-0.15, -0.1) is 0 Å². The van der Waals surface area contributed by atoms with Gasteiger partial charge in [0.2, 0.25) is 0 Å². The standard InChI is InChI=1S/C11H23NO2/c1-8-3-4-11(9(2)5-8)12-10(6-13)7-14/h8-14H,3-7H2,1-2H3. The highest BCUT2D eigenvalue weighted by Crippen LogP contribution is 2.28. The summed E-state index contributed by atoms with van der Waals surface area (Å²) in [5.41, 5.74) is 0. The highest BCUT2D eigenvalue weighted by Gasteiger charge is 2.26. The number of hydrogen-bond acceptors (Lipinski definition) is 3. The van der Waals surface area contributed by atoms with E-state index in [1.165, 1.54) is 19.3 Å². The summed E-state index contributed by atoms with van der Waals surface area (Å²) in [6, 6.07) is 0.325. The Kier molecular flexibility index (Phi) is 4.85. The Bertz CT molecular complexity index is 159. The molecular weight excluding hydrogens is 178 g/mol. The molecule has 0 aromatic rings. The van der Waals surface area contributed by atoms with Gasteiger partial charge in [-0.3, -0.25) is 0 Å². The normalized spacial score (nSPS) is 33.6. The second kappa shape index (κ2) is 5.69. The van der Waals surface area contributed by atoms with Crippen molar-refractivity contribution in [2.45, 2.75) is 45.2 Å². The molecule has 1 aliphatic rings. The van der Waals surface area contributed by atoms with E-state index in [4.69, 9.17) is 10.2 Å². The quantitative estimate of drug-likeness (QED) is 0.629. The molecule has 0 aliphatic heterocycles. The molecule has 1 saturated carbocycles. The summed E-state index contributed by atoms with van der Waals surface area (Å²) >= 11 is 0. The Morgan fingerprint density at radius 2 is 1.86 bits per heavy atom. The summed E-state index contributed by atoms with van der Waals surface area (Å²) in [6.07, 6.45) is 3.67. The predicted molar refractivity (Wildman–Crippen MR) is 57.1 cm³/mol. The second-order valence-corrected chi connectivity index (χ2v) is 4.73. The third-order valence-corrected chi connectivity index (χ3v) is 3.32. The summed E-state index contributed by atoms with van der Waals surface area (Å²) in [6.45, 7) is 4.59. The third kappa shape index (κ3) is 3.23. The predicted octanol–water partition coefficient (Wildman–Crippen LogP) is 0.754. The molecule has 1 fully saturated rings. The van der Waals surface area contributed by atoms with Crippen molar-refractivity contribution in [1.82, 2.24) is 5.32 Å². The minimum atomic E-state index is -0.143. The summed E-state index contributed by atoms with van der Waals surface area (Å²) < 4.78 is 0. The van der Waals surface area contributed by atoms with E-state index < -0.39 is 0 Å². The number of rotatable bonds is 4. The first-order valence-corrected chi connectivity index (χ1v) is 5.65. The lowest BCUT2D eigenvalue weighted by molar-refractivity contribution is 0.134. The number of hydrogen-bond donors (Lipinski definition) is 3. The Morgan fingerprint density at radius 3 is 2.36 bits per heavy atom. The molecule has 3 N–H and O–H groups in total. The van der Waals surface area contributed by atoms with Crippen molar-refractivity contribution in [2.24, 2.45) is 11.8 Å². The van der Waals surface area contributed by atoms with Crippen LogP contribution in [0.2, 0.25) is 0 Å². The van der Waals surface area contributed by atoms with E-state index in [0.29, 0.717) is 12.0 Å². The first-order chi connectivity index (χ1) is 6.67. The van der Waals surface area contributed by atoms with E-state index in [1.807, 2.05) is 0 Å². The molecule has 14 heavy (non-hydrogen) atoms. The maximum atomic E-state index is 8.97. The molecule has 0 aromatic carbocycles. The monoisotopic (exact) mass is 201 g/mol. The van der Waals surface area contributed by atoms with Gasteiger partial charge < -0.3 is 15.5 Å². The van der Waals surface area contributed by atoms with Crippen LogP contribution in [-0.4, -0.2) is 35.5 Å². The molecule has 0 heterocycles. The summed E-state index contributed by atoms with van der Waals surface area (Å²) in [7, 11) is 0. The van der Waals surface area contributed by atoms with Crippen LogP contribution in [0.25, 0.3) is 0 Å². The largest absolute Gasteiger partial charge is 0.395 e. The zero-order chi connectivity index (χ0) is 10.6. The van der Waals surface area contributed by atoms with Crippen molar-refractivity contribution in [3.05, 3.63) is 0 Å². The van der Waals surface area contributed by atoms with Crippen LogP contribution in [0.3, 0.4) is 0 Å². The molecule has 3 heteroatoms. The minimum absolute atomic E-state index is 0.0231. The lowest BCUT2D eigenvalue weighted by Gasteiger charge is -2.35. The van der Waals surface area contributed by atoms with Gasteiger partial charge in [-0.2, -0.15) is 0 Å². The molecule has 0 spiro atoms. The summed E-state index contributed by atoms with van der Waals surface area (Å²) in [5, 5.41) is 21.3. The minimum Gasteiger partial charge on any atom is -0.395 e. The van der Waals surface area contributed by atoms with Crippen molar-refractivity contribution < 1.29 is 10.2 Å². The van der Waals surface area contributed by atoms with Crippen LogP contribution < -0.4 is 5.32 Å². The Hall–Kier alpha value is -0.120. The zero-order valence-electron chi connectivity index (χ0n) is 9.24. The van der Waals surface area contributed by atoms with E-state index in [1.54, 1.807) is 0 Å². The Labute approximate surface area is 86.5 Å². The molecule has 0 saturated heterocycles. The first-order valence-electron chi connectivity index (χ1n) is 5.65. The van der Waals surface area contributed by atoms with Crippen LogP contribution in [-0.2, 0) is 0 Å². The highest BCUT2D eigenvalue weighted by atomic mass is 16.3. The number of aliphatic hydroxyl groups is 2. The molecule has 3 unspecified atom stereocenters. The van der Waals surface area contributed by atoms with Gasteiger partial charge in [-0.05, 0) is 31.1 Å². The van der Waals surface area contributed by atoms with Gasteiger partial charge in [-0.1, -0.05) is 13.8 Å². The fourth-order valence-corrected chi connectivity index (χ4v) is 2.38. The van der Waals surface area contributed by atoms with Crippen LogP contribution in [0.4, 0.5) is 0 Å². The number of aliphatic hydroxyl groups excluding tert-OH is 2. The van der Waals surface area contributed by atoms with Crippen LogP contribution in [0, 0.1) is 11.8 Å². The fraction of sp³-hybridized carbons (Fsp3) is 1.00. The van der Waals surface area contributed by atoms with Crippen LogP contribution in [0.5, 0.6) is 0 Å². The van der Waals surface area contributed by atoms with Crippen molar-refractivity contribution in [3.8, 4) is 0 Å². The molecule has 1 aliphatic carbocycles. The maximum Gasteiger partial charge on any atom is 0.0607 e. The lowest BCUT2D eigenvalue weighted by atomic mass is 9.79. The topological polar surface area (TPSA) is 52.5 Å². The molecule has 0 bridgehead atoms. The fourth-order valence-electron chi connectivity index (χ4n) is 2.38. The van der Waals surface area contributed by atoms with E-state index in [0.717, 1.165) is 5.92 Å². The highest BCUT2D eigenvalue weighted by molar-refractivity contribution is 4.83. The van der Waals surface area contributed by atoms with Gasteiger partial charge >= 0.3 is 0 Å². The van der Waals surface area contributed by atoms with Crippen LogP contribution in [0.15, 0.2) is 0 Å². The molecule has 1 rings (SSSR count). The molecule has 0 amide bonds. The van der Waals surface area contributed by atoms with E-state index in [-0.39, 0.29) is 19.3 Å². The van der Waals surface area contributed by atoms with Gasteiger partial charge in [-0.25, -0.2) is 0 Å². The van der Waals surface area contributed by atoms with E-state index >= 15 is 0 Å². The molecule has 3 atom stereocenters. The Balaban J connectivity index is 2.36. The van der Waals surface area contributed by atoms with Crippen molar-refractivity contribution in [3.63, 3.8) is 0 Å². The third-order valence-electron chi connectivity index (χ3n) is 3.32. The van der Waals surface area contributed by atoms with Crippen molar-refractivity contribution >= 4 is 0 Å². The smallest absolute Gasteiger partial charge is 0.0607 e. The molecule has 0 aromatic heterocycles. The van der Waals surface area contributed by atoms with E-state index in [9.17, 15) is 0 Å². The van der Waals surface area contributed by atoms with Gasteiger partial charge in [0.25, 0.3) is 0 Å². The molecule has 0 radical (unpaired) electrons. The molecule has 3 nitrogen and oxygen atoms in total. The van der Waals surface area contributed by atoms with Gasteiger partial charge in [0.15, 0.2) is 0 Å². The number of nitrogens with one attached hydrogen (secondary N) is 1. The molecule has 84 valence electrons. The van der Waals surface area contributed by atoms with Gasteiger partial charge in [0, 0.05) is 6.04 Å². The van der Waals surface area contributed by atoms with Crippen molar-refractivity contribution in [2.75, 3.05) is 13.2 Å². The zero-order valence-corrected chi connectivity index (χ0v) is 9.24. The van der Waals surface area contributed by atoms with Crippen molar-refractivity contribution in [1.29, 1.82) is 0 Å². The SMILES string of the molecule is CC1CCC(NC(CO)CO)C(C)C1. The van der Waals surface area contributed by atoms with Gasteiger partial charge in [0.05, 0.1) is 19.3 Å². The summed E-state index contributed by atoms with van der Waals surface area (Å²) in [5.74, 6) is 1.48. The first kappa shape index (κ1) is 12.0. The average Bonchev–Trinajstić information content (AvgIpc) is 2.17. The second-order valence-electron chi connectivity index (χ2n) is 4.73. The summed E-state index contributed by atoms with van der Waals surface area (Å²) in [4.78, 5) is 0. The van der Waals surface area contributed by atoms with Gasteiger partial charge in [0.1, 0.15) is 0 Å².